The Morgan fingerprint density at radius 1 is 0.338 bits per heavy atom. The zero-order valence-corrected chi connectivity index (χ0v) is 34.5. The van der Waals surface area contributed by atoms with E-state index in [-0.39, 0.29) is 0 Å². The smallest absolute Gasteiger partial charge is 0.159 e. The Kier molecular flexibility index (Phi) is 8.83. The van der Waals surface area contributed by atoms with Crippen LogP contribution >= 0.6 is 0 Å². The highest BCUT2D eigenvalue weighted by Crippen LogP contribution is 2.45. The number of aromatic nitrogens is 10. The summed E-state index contributed by atoms with van der Waals surface area (Å²) in [6.07, 6.45) is 13.8. The van der Waals surface area contributed by atoms with Gasteiger partial charge in [-0.15, -0.1) is 0 Å². The molecule has 0 unspecified atom stereocenters. The van der Waals surface area contributed by atoms with Gasteiger partial charge in [-0.05, 0) is 139 Å². The molecule has 0 aliphatic heterocycles. The van der Waals surface area contributed by atoms with E-state index in [0.29, 0.717) is 34.4 Å². The van der Waals surface area contributed by atoms with Crippen LogP contribution in [0.5, 0.6) is 0 Å². The minimum absolute atomic E-state index is 0.365. The van der Waals surface area contributed by atoms with Gasteiger partial charge in [0.05, 0.1) is 33.4 Å². The molecule has 0 aliphatic rings. The fourth-order valence-corrected chi connectivity index (χ4v) is 9.01. The largest absolute Gasteiger partial charge is 0.309 e. The van der Waals surface area contributed by atoms with Crippen LogP contribution in [0.25, 0.3) is 112 Å². The van der Waals surface area contributed by atoms with Gasteiger partial charge in [-0.25, -0.2) is 48.7 Å². The third-order valence-electron chi connectivity index (χ3n) is 11.7. The Hall–Kier alpha value is -8.90. The molecule has 65 heavy (non-hydrogen) atoms. The number of nitrogens with zero attached hydrogens (tertiary/aromatic N) is 10. The minimum Gasteiger partial charge on any atom is -0.309 e. The Bertz CT molecular complexity index is 3370. The van der Waals surface area contributed by atoms with Crippen molar-refractivity contribution >= 4 is 43.6 Å². The summed E-state index contributed by atoms with van der Waals surface area (Å²) in [4.78, 5) is 36.5. The molecular formula is C53H32F2N10. The number of hydrogen-bond acceptors (Lipinski definition) is 8. The van der Waals surface area contributed by atoms with Crippen molar-refractivity contribution in [2.24, 2.45) is 0 Å². The predicted molar refractivity (Wildman–Crippen MR) is 249 cm³/mol. The lowest BCUT2D eigenvalue weighted by Crippen LogP contribution is -2.05. The maximum Gasteiger partial charge on any atom is 0.159 e. The summed E-state index contributed by atoms with van der Waals surface area (Å²) >= 11 is 0. The van der Waals surface area contributed by atoms with Crippen LogP contribution in [0.2, 0.25) is 0 Å². The van der Waals surface area contributed by atoms with E-state index in [4.69, 9.17) is 0 Å². The van der Waals surface area contributed by atoms with Gasteiger partial charge in [-0.1, -0.05) is 0 Å². The van der Waals surface area contributed by atoms with Gasteiger partial charge >= 0.3 is 0 Å². The van der Waals surface area contributed by atoms with Crippen molar-refractivity contribution in [1.29, 1.82) is 0 Å². The molecule has 6 aromatic carbocycles. The first kappa shape index (κ1) is 37.8. The molecule has 12 heteroatoms. The molecule has 0 saturated heterocycles. The van der Waals surface area contributed by atoms with E-state index in [1.807, 2.05) is 31.2 Å². The molecule has 0 atom stereocenters. The zero-order valence-electron chi connectivity index (χ0n) is 34.5. The first-order chi connectivity index (χ1) is 31.9. The SMILES string of the molecule is Cc1cc(-n2c3ccc(-c4ncccn4)cc3c3cc(-c4ncccn4)ccc32)c(-c2cc(F)cc(F)c2)c(-n2c3ccc(-c4ncccn4)cc3c3cc(-c4ncccn4)ccc32)c1. The van der Waals surface area contributed by atoms with Gasteiger partial charge in [0.25, 0.3) is 0 Å². The summed E-state index contributed by atoms with van der Waals surface area (Å²) in [6, 6.07) is 39.6. The molecule has 0 radical (unpaired) electrons. The highest BCUT2D eigenvalue weighted by molar-refractivity contribution is 6.14. The first-order valence-electron chi connectivity index (χ1n) is 20.8. The summed E-state index contributed by atoms with van der Waals surface area (Å²) in [7, 11) is 0. The van der Waals surface area contributed by atoms with Crippen LogP contribution in [0.3, 0.4) is 0 Å². The van der Waals surface area contributed by atoms with E-state index < -0.39 is 11.6 Å². The summed E-state index contributed by atoms with van der Waals surface area (Å²) in [5, 5.41) is 3.69. The average Bonchev–Trinajstić information content (AvgIpc) is 3.85. The monoisotopic (exact) mass is 846 g/mol. The Morgan fingerprint density at radius 3 is 0.923 bits per heavy atom. The molecule has 10 nitrogen and oxygen atoms in total. The molecule has 12 rings (SSSR count). The number of hydrogen-bond donors (Lipinski definition) is 0. The van der Waals surface area contributed by atoms with Crippen molar-refractivity contribution in [2.45, 2.75) is 6.92 Å². The summed E-state index contributed by atoms with van der Waals surface area (Å²) in [6.45, 7) is 2.04. The molecule has 6 aromatic heterocycles. The fourth-order valence-electron chi connectivity index (χ4n) is 9.01. The highest BCUT2D eigenvalue weighted by atomic mass is 19.1. The van der Waals surface area contributed by atoms with Crippen LogP contribution in [0.4, 0.5) is 8.78 Å². The normalized spacial score (nSPS) is 11.6. The van der Waals surface area contributed by atoms with E-state index in [9.17, 15) is 0 Å². The van der Waals surface area contributed by atoms with E-state index in [0.717, 1.165) is 88.9 Å². The van der Waals surface area contributed by atoms with Crippen LogP contribution in [-0.2, 0) is 0 Å². The molecule has 0 saturated carbocycles. The third-order valence-corrected chi connectivity index (χ3v) is 11.7. The number of rotatable bonds is 7. The topological polar surface area (TPSA) is 113 Å². The van der Waals surface area contributed by atoms with Gasteiger partial charge < -0.3 is 9.13 Å². The van der Waals surface area contributed by atoms with Gasteiger partial charge in [-0.2, -0.15) is 0 Å². The van der Waals surface area contributed by atoms with Crippen molar-refractivity contribution in [3.63, 3.8) is 0 Å². The van der Waals surface area contributed by atoms with E-state index >= 15 is 8.78 Å². The predicted octanol–water partition coefficient (Wildman–Crippen LogP) is 12.0. The molecular weight excluding hydrogens is 815 g/mol. The lowest BCUT2D eigenvalue weighted by atomic mass is 9.97. The van der Waals surface area contributed by atoms with Crippen LogP contribution in [0.15, 0.2) is 177 Å². The van der Waals surface area contributed by atoms with E-state index in [1.165, 1.54) is 12.1 Å². The van der Waals surface area contributed by atoms with Crippen molar-refractivity contribution < 1.29 is 8.78 Å². The van der Waals surface area contributed by atoms with Crippen molar-refractivity contribution in [2.75, 3.05) is 0 Å². The van der Waals surface area contributed by atoms with Gasteiger partial charge in [0.2, 0.25) is 0 Å². The second-order valence-electron chi connectivity index (χ2n) is 15.7. The maximum absolute atomic E-state index is 15.7. The standard InChI is InChI=1S/C53H32F2N10/c1-31-22-47(64-43-10-6-32(50-56-14-2-15-57-50)26-39(43)40-27-33(7-11-44(40)64)51-58-16-3-17-59-51)49(36-24-37(54)30-38(55)25-36)48(23-31)65-45-12-8-34(52-60-18-4-19-61-52)28-41(45)42-29-35(9-13-46(42)65)53-62-20-5-21-63-53/h2-30H,1H3. The second kappa shape index (κ2) is 15.2. The Balaban J connectivity index is 1.19. The van der Waals surface area contributed by atoms with Crippen LogP contribution in [0, 0.1) is 18.6 Å². The van der Waals surface area contributed by atoms with Gasteiger partial charge in [0.1, 0.15) is 11.6 Å². The molecule has 6 heterocycles. The van der Waals surface area contributed by atoms with E-state index in [2.05, 4.69) is 110 Å². The van der Waals surface area contributed by atoms with Gasteiger partial charge in [0, 0.05) is 105 Å². The summed E-state index contributed by atoms with van der Waals surface area (Å²) < 4.78 is 35.7. The number of aryl methyl sites for hydroxylation is 1. The van der Waals surface area contributed by atoms with Crippen LogP contribution in [0.1, 0.15) is 5.56 Å². The third kappa shape index (κ3) is 6.46. The number of fused-ring (bicyclic) bond motifs is 6. The van der Waals surface area contributed by atoms with Gasteiger partial charge in [0.15, 0.2) is 23.3 Å². The summed E-state index contributed by atoms with van der Waals surface area (Å²) in [5.41, 5.74) is 10.1. The van der Waals surface area contributed by atoms with Crippen molar-refractivity contribution in [1.82, 2.24) is 49.0 Å². The quantitative estimate of drug-likeness (QED) is 0.156. The molecule has 12 aromatic rings. The minimum atomic E-state index is -0.693. The maximum atomic E-state index is 15.7. The molecule has 0 aliphatic carbocycles. The second-order valence-corrected chi connectivity index (χ2v) is 15.7. The molecule has 0 N–H and O–H groups in total. The average molecular weight is 847 g/mol. The molecule has 0 amide bonds. The Labute approximate surface area is 369 Å². The fraction of sp³-hybridized carbons (Fsp3) is 0.0189. The van der Waals surface area contributed by atoms with Gasteiger partial charge in [-0.3, -0.25) is 0 Å². The molecule has 0 spiro atoms. The molecule has 308 valence electrons. The highest BCUT2D eigenvalue weighted by Gasteiger charge is 2.25. The molecule has 0 fully saturated rings. The van der Waals surface area contributed by atoms with Crippen molar-refractivity contribution in [3.8, 4) is 68.1 Å². The lowest BCUT2D eigenvalue weighted by Gasteiger charge is -2.21. The Morgan fingerprint density at radius 2 is 0.631 bits per heavy atom. The number of halogens is 2. The van der Waals surface area contributed by atoms with Crippen LogP contribution < -0.4 is 0 Å². The first-order valence-corrected chi connectivity index (χ1v) is 20.8. The summed E-state index contributed by atoms with van der Waals surface area (Å²) in [5.74, 6) is 0.955. The van der Waals surface area contributed by atoms with Crippen LogP contribution in [-0.4, -0.2) is 49.0 Å². The molecule has 0 bridgehead atoms. The number of benzene rings is 6. The van der Waals surface area contributed by atoms with Crippen molar-refractivity contribution in [3.05, 3.63) is 194 Å². The lowest BCUT2D eigenvalue weighted by molar-refractivity contribution is 0.584. The van der Waals surface area contributed by atoms with E-state index in [1.54, 1.807) is 73.8 Å². The zero-order chi connectivity index (χ0) is 43.6.